The number of halogens is 2. The van der Waals surface area contributed by atoms with E-state index in [1.54, 1.807) is 56.3 Å². The van der Waals surface area contributed by atoms with Crippen molar-refractivity contribution in [2.75, 3.05) is 17.9 Å². The van der Waals surface area contributed by atoms with E-state index in [4.69, 9.17) is 23.2 Å². The van der Waals surface area contributed by atoms with Crippen molar-refractivity contribution in [3.63, 3.8) is 0 Å². The molecule has 3 aromatic carbocycles. The minimum atomic E-state index is -4.11. The Morgan fingerprint density at radius 2 is 1.62 bits per heavy atom. The number of anilines is 1. The Kier molecular flexibility index (Phi) is 9.23. The largest absolute Gasteiger partial charge is 0.357 e. The number of nitrogens with zero attached hydrogens (tertiary/aromatic N) is 2. The highest BCUT2D eigenvalue weighted by molar-refractivity contribution is 7.92. The second-order valence-electron chi connectivity index (χ2n) is 8.67. The monoisotopic (exact) mass is 561 g/mol. The molecule has 0 aromatic heterocycles. The molecule has 0 fully saturated rings. The summed E-state index contributed by atoms with van der Waals surface area (Å²) in [6.45, 7) is 4.73. The molecule has 3 aromatic rings. The van der Waals surface area contributed by atoms with Gasteiger partial charge in [-0.3, -0.25) is 13.9 Å². The molecule has 0 unspecified atom stereocenters. The van der Waals surface area contributed by atoms with Gasteiger partial charge in [0.1, 0.15) is 12.6 Å². The third-order valence-electron chi connectivity index (χ3n) is 5.99. The van der Waals surface area contributed by atoms with Gasteiger partial charge in [0.25, 0.3) is 10.0 Å². The number of rotatable bonds is 9. The molecule has 0 aliphatic rings. The summed E-state index contributed by atoms with van der Waals surface area (Å²) in [5.74, 6) is -0.944. The molecule has 0 spiro atoms. The fourth-order valence-corrected chi connectivity index (χ4v) is 5.66. The Morgan fingerprint density at radius 1 is 0.946 bits per heavy atom. The molecular formula is C27H29Cl2N3O4S. The molecule has 0 aliphatic heterocycles. The van der Waals surface area contributed by atoms with Gasteiger partial charge in [-0.1, -0.05) is 59.6 Å². The van der Waals surface area contributed by atoms with Crippen LogP contribution in [-0.2, 0) is 26.2 Å². The van der Waals surface area contributed by atoms with Crippen LogP contribution in [0.3, 0.4) is 0 Å². The Hall–Kier alpha value is -3.07. The van der Waals surface area contributed by atoms with Crippen LogP contribution in [0, 0.1) is 13.8 Å². The number of carbonyl (C=O) groups is 2. The maximum absolute atomic E-state index is 13.8. The molecule has 0 radical (unpaired) electrons. The third-order valence-corrected chi connectivity index (χ3v) is 8.51. The molecule has 10 heteroatoms. The highest BCUT2D eigenvalue weighted by Gasteiger charge is 2.33. The van der Waals surface area contributed by atoms with Gasteiger partial charge in [0.2, 0.25) is 11.8 Å². The van der Waals surface area contributed by atoms with Crippen LogP contribution < -0.4 is 9.62 Å². The quantitative estimate of drug-likeness (QED) is 0.399. The number of aryl methyl sites for hydroxylation is 2. The zero-order valence-electron chi connectivity index (χ0n) is 21.0. The van der Waals surface area contributed by atoms with Crippen molar-refractivity contribution < 1.29 is 18.0 Å². The van der Waals surface area contributed by atoms with Gasteiger partial charge in [-0.05, 0) is 67.8 Å². The highest BCUT2D eigenvalue weighted by atomic mass is 35.5. The van der Waals surface area contributed by atoms with Crippen molar-refractivity contribution in [1.82, 2.24) is 10.2 Å². The fraction of sp³-hybridized carbons (Fsp3) is 0.259. The van der Waals surface area contributed by atoms with E-state index in [-0.39, 0.29) is 11.4 Å². The molecule has 2 amide bonds. The summed E-state index contributed by atoms with van der Waals surface area (Å²) < 4.78 is 28.7. The van der Waals surface area contributed by atoms with E-state index in [1.807, 2.05) is 19.1 Å². The fourth-order valence-electron chi connectivity index (χ4n) is 3.85. The summed E-state index contributed by atoms with van der Waals surface area (Å²) in [5.41, 5.74) is 2.56. The Labute approximate surface area is 228 Å². The summed E-state index contributed by atoms with van der Waals surface area (Å²) in [6, 6.07) is 17.4. The van der Waals surface area contributed by atoms with E-state index in [2.05, 4.69) is 5.32 Å². The van der Waals surface area contributed by atoms with Gasteiger partial charge in [0.05, 0.1) is 20.6 Å². The predicted molar refractivity (Wildman–Crippen MR) is 147 cm³/mol. The van der Waals surface area contributed by atoms with Crippen molar-refractivity contribution in [2.45, 2.75) is 38.3 Å². The molecule has 0 aliphatic carbocycles. The first-order valence-corrected chi connectivity index (χ1v) is 13.7. The molecule has 0 bridgehead atoms. The topological polar surface area (TPSA) is 86.8 Å². The lowest BCUT2D eigenvalue weighted by molar-refractivity contribution is -0.139. The van der Waals surface area contributed by atoms with Crippen molar-refractivity contribution >= 4 is 50.7 Å². The normalized spacial score (nSPS) is 12.1. The van der Waals surface area contributed by atoms with Gasteiger partial charge < -0.3 is 10.2 Å². The Morgan fingerprint density at radius 3 is 2.24 bits per heavy atom. The Balaban J connectivity index is 2.07. The van der Waals surface area contributed by atoms with Gasteiger partial charge in [-0.15, -0.1) is 0 Å². The number of likely N-dealkylation sites (N-methyl/N-ethyl adjacent to an activating group) is 1. The van der Waals surface area contributed by atoms with Gasteiger partial charge in [0.15, 0.2) is 0 Å². The summed E-state index contributed by atoms with van der Waals surface area (Å²) in [5, 5.41) is 3.22. The number of hydrogen-bond donors (Lipinski definition) is 1. The smallest absolute Gasteiger partial charge is 0.264 e. The van der Waals surface area contributed by atoms with E-state index in [1.165, 1.54) is 24.1 Å². The van der Waals surface area contributed by atoms with Crippen LogP contribution >= 0.6 is 23.2 Å². The van der Waals surface area contributed by atoms with E-state index in [0.29, 0.717) is 26.9 Å². The van der Waals surface area contributed by atoms with Crippen LogP contribution in [0.1, 0.15) is 23.6 Å². The lowest BCUT2D eigenvalue weighted by atomic mass is 10.1. The molecular weight excluding hydrogens is 533 g/mol. The molecule has 0 heterocycles. The Bertz CT molecular complexity index is 1400. The molecule has 37 heavy (non-hydrogen) atoms. The standard InChI is InChI=1S/C27H29Cl2N3O4S/c1-18-10-11-19(2)25(14-18)32(37(35,36)22-8-6-5-7-9-22)17-26(33)31(20(3)27(34)30-4)16-21-12-13-23(28)24(29)15-21/h5-15,20H,16-17H2,1-4H3,(H,30,34)/t20-/m1/s1. The van der Waals surface area contributed by atoms with Crippen molar-refractivity contribution in [3.05, 3.63) is 93.5 Å². The number of nitrogens with one attached hydrogen (secondary N) is 1. The van der Waals surface area contributed by atoms with Crippen molar-refractivity contribution in [3.8, 4) is 0 Å². The second kappa shape index (κ2) is 12.0. The van der Waals surface area contributed by atoms with E-state index in [9.17, 15) is 18.0 Å². The summed E-state index contributed by atoms with van der Waals surface area (Å²) >= 11 is 12.2. The van der Waals surface area contributed by atoms with Crippen LogP contribution in [0.5, 0.6) is 0 Å². The van der Waals surface area contributed by atoms with E-state index >= 15 is 0 Å². The van der Waals surface area contributed by atoms with Gasteiger partial charge in [-0.2, -0.15) is 0 Å². The van der Waals surface area contributed by atoms with Gasteiger partial charge in [-0.25, -0.2) is 8.42 Å². The zero-order valence-corrected chi connectivity index (χ0v) is 23.4. The van der Waals surface area contributed by atoms with Gasteiger partial charge in [0, 0.05) is 13.6 Å². The minimum absolute atomic E-state index is 0.0241. The lowest BCUT2D eigenvalue weighted by Gasteiger charge is -2.32. The molecule has 1 N–H and O–H groups in total. The van der Waals surface area contributed by atoms with Crippen LogP contribution in [0.2, 0.25) is 10.0 Å². The molecule has 3 rings (SSSR count). The number of sulfonamides is 1. The predicted octanol–water partition coefficient (Wildman–Crippen LogP) is 4.97. The first-order valence-electron chi connectivity index (χ1n) is 11.6. The van der Waals surface area contributed by atoms with Crippen LogP contribution in [0.15, 0.2) is 71.6 Å². The average Bonchev–Trinajstić information content (AvgIpc) is 2.88. The molecule has 0 saturated carbocycles. The number of carbonyl (C=O) groups excluding carboxylic acids is 2. The summed E-state index contributed by atoms with van der Waals surface area (Å²) in [4.78, 5) is 27.7. The zero-order chi connectivity index (χ0) is 27.3. The maximum Gasteiger partial charge on any atom is 0.264 e. The number of hydrogen-bond acceptors (Lipinski definition) is 4. The minimum Gasteiger partial charge on any atom is -0.357 e. The molecule has 7 nitrogen and oxygen atoms in total. The SMILES string of the molecule is CNC(=O)[C@@H](C)N(Cc1ccc(Cl)c(Cl)c1)C(=O)CN(c1cc(C)ccc1C)S(=O)(=O)c1ccccc1. The first kappa shape index (κ1) is 28.5. The van der Waals surface area contributed by atoms with Crippen molar-refractivity contribution in [1.29, 1.82) is 0 Å². The average molecular weight is 563 g/mol. The second-order valence-corrected chi connectivity index (χ2v) is 11.4. The van der Waals surface area contributed by atoms with Gasteiger partial charge >= 0.3 is 0 Å². The molecule has 196 valence electrons. The summed E-state index contributed by atoms with van der Waals surface area (Å²) in [7, 11) is -2.64. The van der Waals surface area contributed by atoms with E-state index in [0.717, 1.165) is 9.87 Å². The van der Waals surface area contributed by atoms with E-state index < -0.39 is 34.4 Å². The molecule has 1 atom stereocenters. The highest BCUT2D eigenvalue weighted by Crippen LogP contribution is 2.29. The molecule has 0 saturated heterocycles. The lowest BCUT2D eigenvalue weighted by Crippen LogP contribution is -2.50. The number of amides is 2. The van der Waals surface area contributed by atoms with Crippen molar-refractivity contribution in [2.24, 2.45) is 0 Å². The van der Waals surface area contributed by atoms with Crippen LogP contribution in [-0.4, -0.2) is 44.8 Å². The van der Waals surface area contributed by atoms with Crippen LogP contribution in [0.4, 0.5) is 5.69 Å². The first-order chi connectivity index (χ1) is 17.4. The summed E-state index contributed by atoms with van der Waals surface area (Å²) in [6.07, 6.45) is 0. The maximum atomic E-state index is 13.8. The van der Waals surface area contributed by atoms with Crippen LogP contribution in [0.25, 0.3) is 0 Å². The third kappa shape index (κ3) is 6.63. The number of benzene rings is 3.